The minimum absolute atomic E-state index is 0.191. The first-order chi connectivity index (χ1) is 9.55. The number of aryl methyl sites for hydroxylation is 2. The van der Waals surface area contributed by atoms with E-state index in [1.165, 1.54) is 6.07 Å². The Balaban J connectivity index is 2.26. The monoisotopic (exact) mass is 280 g/mol. The van der Waals surface area contributed by atoms with Crippen molar-refractivity contribution in [2.24, 2.45) is 12.9 Å². The van der Waals surface area contributed by atoms with Gasteiger partial charge < -0.3 is 0 Å². The van der Waals surface area contributed by atoms with E-state index in [1.54, 1.807) is 10.7 Å². The van der Waals surface area contributed by atoms with Crippen LogP contribution >= 0.6 is 0 Å². The fourth-order valence-electron chi connectivity index (χ4n) is 2.28. The lowest BCUT2D eigenvalue weighted by Gasteiger charge is -2.16. The third-order valence-corrected chi connectivity index (χ3v) is 3.27. The molecule has 0 aliphatic rings. The van der Waals surface area contributed by atoms with Crippen molar-refractivity contribution < 1.29 is 8.78 Å². The SMILES string of the molecule is CCc1nn(C)cc1C(Cc1ccc(F)c(F)c1)NN. The van der Waals surface area contributed by atoms with Gasteiger partial charge in [-0.2, -0.15) is 5.10 Å². The highest BCUT2D eigenvalue weighted by molar-refractivity contribution is 5.26. The van der Waals surface area contributed by atoms with Crippen LogP contribution in [0.5, 0.6) is 0 Å². The van der Waals surface area contributed by atoms with Crippen molar-refractivity contribution in [1.29, 1.82) is 0 Å². The van der Waals surface area contributed by atoms with Gasteiger partial charge >= 0.3 is 0 Å². The number of benzene rings is 1. The van der Waals surface area contributed by atoms with Gasteiger partial charge in [0.15, 0.2) is 11.6 Å². The average molecular weight is 280 g/mol. The molecule has 2 aromatic rings. The van der Waals surface area contributed by atoms with Gasteiger partial charge in [0, 0.05) is 18.8 Å². The summed E-state index contributed by atoms with van der Waals surface area (Å²) >= 11 is 0. The van der Waals surface area contributed by atoms with Gasteiger partial charge in [-0.15, -0.1) is 0 Å². The predicted molar refractivity (Wildman–Crippen MR) is 72.7 cm³/mol. The van der Waals surface area contributed by atoms with E-state index in [-0.39, 0.29) is 6.04 Å². The first-order valence-electron chi connectivity index (χ1n) is 6.47. The molecule has 0 bridgehead atoms. The lowest BCUT2D eigenvalue weighted by Crippen LogP contribution is -2.30. The standard InChI is InChI=1S/C14H18F2N4/c1-3-13-10(8-20(2)19-13)14(18-17)7-9-4-5-11(15)12(16)6-9/h4-6,8,14,18H,3,7,17H2,1-2H3. The molecule has 108 valence electrons. The highest BCUT2D eigenvalue weighted by Gasteiger charge is 2.17. The van der Waals surface area contributed by atoms with Gasteiger partial charge in [0.1, 0.15) is 0 Å². The maximum atomic E-state index is 13.2. The summed E-state index contributed by atoms with van der Waals surface area (Å²) < 4.78 is 27.9. The molecule has 1 aromatic heterocycles. The van der Waals surface area contributed by atoms with E-state index in [1.807, 2.05) is 20.2 Å². The zero-order valence-corrected chi connectivity index (χ0v) is 11.5. The fourth-order valence-corrected chi connectivity index (χ4v) is 2.28. The van der Waals surface area contributed by atoms with E-state index in [0.29, 0.717) is 12.0 Å². The van der Waals surface area contributed by atoms with Gasteiger partial charge in [0.2, 0.25) is 0 Å². The lowest BCUT2D eigenvalue weighted by atomic mass is 9.99. The quantitative estimate of drug-likeness (QED) is 0.650. The Kier molecular flexibility index (Phi) is 4.46. The Hall–Kier alpha value is -1.79. The van der Waals surface area contributed by atoms with Crippen LogP contribution in [-0.2, 0) is 19.9 Å². The molecule has 20 heavy (non-hydrogen) atoms. The molecule has 1 heterocycles. The van der Waals surface area contributed by atoms with Crippen molar-refractivity contribution >= 4 is 0 Å². The predicted octanol–water partition coefficient (Wildman–Crippen LogP) is 2.01. The molecule has 1 unspecified atom stereocenters. The van der Waals surface area contributed by atoms with Crippen LogP contribution < -0.4 is 11.3 Å². The molecular weight excluding hydrogens is 262 g/mol. The second-order valence-electron chi connectivity index (χ2n) is 4.73. The number of nitrogens with two attached hydrogens (primary N) is 1. The number of halogens is 2. The smallest absolute Gasteiger partial charge is 0.159 e. The van der Waals surface area contributed by atoms with E-state index < -0.39 is 11.6 Å². The first-order valence-corrected chi connectivity index (χ1v) is 6.47. The third-order valence-electron chi connectivity index (χ3n) is 3.27. The van der Waals surface area contributed by atoms with Crippen LogP contribution in [0.2, 0.25) is 0 Å². The van der Waals surface area contributed by atoms with Gasteiger partial charge in [0.05, 0.1) is 11.7 Å². The number of aromatic nitrogens is 2. The normalized spacial score (nSPS) is 12.7. The summed E-state index contributed by atoms with van der Waals surface area (Å²) in [6, 6.07) is 3.69. The van der Waals surface area contributed by atoms with Crippen molar-refractivity contribution in [3.8, 4) is 0 Å². The largest absolute Gasteiger partial charge is 0.275 e. The Morgan fingerprint density at radius 2 is 2.10 bits per heavy atom. The number of hydrogen-bond donors (Lipinski definition) is 2. The fraction of sp³-hybridized carbons (Fsp3) is 0.357. The molecule has 4 nitrogen and oxygen atoms in total. The molecule has 0 saturated carbocycles. The summed E-state index contributed by atoms with van der Waals surface area (Å²) in [5.74, 6) is 3.91. The van der Waals surface area contributed by atoms with E-state index in [2.05, 4.69) is 10.5 Å². The van der Waals surface area contributed by atoms with E-state index in [4.69, 9.17) is 5.84 Å². The Morgan fingerprint density at radius 1 is 1.35 bits per heavy atom. The minimum Gasteiger partial charge on any atom is -0.275 e. The number of nitrogens with one attached hydrogen (secondary N) is 1. The van der Waals surface area contributed by atoms with Crippen LogP contribution in [0.15, 0.2) is 24.4 Å². The molecule has 1 aromatic carbocycles. The van der Waals surface area contributed by atoms with Crippen molar-refractivity contribution in [2.75, 3.05) is 0 Å². The Labute approximate surface area is 116 Å². The van der Waals surface area contributed by atoms with Gasteiger partial charge in [-0.1, -0.05) is 13.0 Å². The minimum atomic E-state index is -0.847. The zero-order chi connectivity index (χ0) is 14.7. The summed E-state index contributed by atoms with van der Waals surface area (Å²) in [5, 5.41) is 4.36. The molecule has 0 aliphatic heterocycles. The Bertz CT molecular complexity index is 595. The van der Waals surface area contributed by atoms with Gasteiger partial charge in [0.25, 0.3) is 0 Å². The second kappa shape index (κ2) is 6.11. The van der Waals surface area contributed by atoms with E-state index >= 15 is 0 Å². The van der Waals surface area contributed by atoms with Gasteiger partial charge in [-0.05, 0) is 30.5 Å². The molecule has 0 fully saturated rings. The molecule has 3 N–H and O–H groups in total. The molecule has 2 rings (SSSR count). The van der Waals surface area contributed by atoms with Crippen LogP contribution in [0.25, 0.3) is 0 Å². The van der Waals surface area contributed by atoms with Gasteiger partial charge in [-0.3, -0.25) is 16.0 Å². The number of hydrogen-bond acceptors (Lipinski definition) is 3. The van der Waals surface area contributed by atoms with Crippen LogP contribution in [0.1, 0.15) is 29.8 Å². The second-order valence-corrected chi connectivity index (χ2v) is 4.73. The van der Waals surface area contributed by atoms with Crippen molar-refractivity contribution in [3.63, 3.8) is 0 Å². The van der Waals surface area contributed by atoms with Crippen LogP contribution in [0.4, 0.5) is 8.78 Å². The topological polar surface area (TPSA) is 55.9 Å². The summed E-state index contributed by atoms with van der Waals surface area (Å²) in [5.41, 5.74) is 5.31. The Morgan fingerprint density at radius 3 is 2.70 bits per heavy atom. The third kappa shape index (κ3) is 3.02. The number of hydrazine groups is 1. The maximum absolute atomic E-state index is 13.2. The van der Waals surface area contributed by atoms with Gasteiger partial charge in [-0.25, -0.2) is 8.78 Å². The molecule has 0 saturated heterocycles. The van der Waals surface area contributed by atoms with Crippen molar-refractivity contribution in [2.45, 2.75) is 25.8 Å². The highest BCUT2D eigenvalue weighted by atomic mass is 19.2. The summed E-state index contributed by atoms with van der Waals surface area (Å²) in [7, 11) is 1.84. The van der Waals surface area contributed by atoms with Crippen molar-refractivity contribution in [1.82, 2.24) is 15.2 Å². The molecule has 6 heteroatoms. The molecular formula is C14H18F2N4. The molecule has 0 spiro atoms. The highest BCUT2D eigenvalue weighted by Crippen LogP contribution is 2.22. The molecule has 1 atom stereocenters. The molecule has 0 amide bonds. The van der Waals surface area contributed by atoms with Crippen LogP contribution in [-0.4, -0.2) is 9.78 Å². The average Bonchev–Trinajstić information content (AvgIpc) is 2.81. The van der Waals surface area contributed by atoms with Crippen molar-refractivity contribution in [3.05, 3.63) is 52.9 Å². The summed E-state index contributed by atoms with van der Waals surface area (Å²) in [6.45, 7) is 2.01. The summed E-state index contributed by atoms with van der Waals surface area (Å²) in [4.78, 5) is 0. The van der Waals surface area contributed by atoms with Crippen LogP contribution in [0, 0.1) is 11.6 Å². The van der Waals surface area contributed by atoms with E-state index in [0.717, 1.165) is 23.7 Å². The van der Waals surface area contributed by atoms with E-state index in [9.17, 15) is 8.78 Å². The summed E-state index contributed by atoms with van der Waals surface area (Å²) in [6.07, 6.45) is 3.14. The maximum Gasteiger partial charge on any atom is 0.159 e. The zero-order valence-electron chi connectivity index (χ0n) is 11.5. The number of rotatable bonds is 5. The van der Waals surface area contributed by atoms with Crippen LogP contribution in [0.3, 0.4) is 0 Å². The number of nitrogens with zero attached hydrogens (tertiary/aromatic N) is 2. The first kappa shape index (κ1) is 14.6. The molecule has 0 aliphatic carbocycles. The lowest BCUT2D eigenvalue weighted by molar-refractivity contribution is 0.502. The molecule has 0 radical (unpaired) electrons.